The first-order valence-corrected chi connectivity index (χ1v) is 11.0. The average Bonchev–Trinajstić information content (AvgIpc) is 2.84. The largest absolute Gasteiger partial charge is 0.497 e. The fourth-order valence-electron chi connectivity index (χ4n) is 4.08. The van der Waals surface area contributed by atoms with Gasteiger partial charge in [0.1, 0.15) is 5.75 Å². The van der Waals surface area contributed by atoms with E-state index < -0.39 is 0 Å². The van der Waals surface area contributed by atoms with Crippen molar-refractivity contribution in [1.82, 2.24) is 9.97 Å². The molecule has 1 N–H and O–H groups in total. The summed E-state index contributed by atoms with van der Waals surface area (Å²) in [4.78, 5) is 25.2. The second kappa shape index (κ2) is 10.3. The number of nitrogens with zero attached hydrogens (tertiary/aromatic N) is 3. The first-order valence-electron chi connectivity index (χ1n) is 11.0. The molecule has 0 saturated carbocycles. The zero-order valence-corrected chi connectivity index (χ0v) is 18.7. The minimum absolute atomic E-state index is 0.0736. The van der Waals surface area contributed by atoms with E-state index in [-0.39, 0.29) is 5.56 Å². The lowest BCUT2D eigenvalue weighted by molar-refractivity contribution is 0.180. The summed E-state index contributed by atoms with van der Waals surface area (Å²) in [7, 11) is 3.31. The van der Waals surface area contributed by atoms with Gasteiger partial charge in [-0.2, -0.15) is 0 Å². The molecular formula is C25H30N4O3. The quantitative estimate of drug-likeness (QED) is 0.588. The maximum Gasteiger partial charge on any atom is 0.255 e. The highest BCUT2D eigenvalue weighted by Gasteiger charge is 2.21. The number of anilines is 2. The van der Waals surface area contributed by atoms with Gasteiger partial charge < -0.3 is 19.3 Å². The molecule has 1 aliphatic rings. The molecule has 7 nitrogen and oxygen atoms in total. The Morgan fingerprint density at radius 1 is 0.906 bits per heavy atom. The van der Waals surface area contributed by atoms with Crippen molar-refractivity contribution >= 4 is 11.6 Å². The van der Waals surface area contributed by atoms with E-state index in [1.807, 2.05) is 30.3 Å². The molecule has 0 atom stereocenters. The number of benzene rings is 2. The van der Waals surface area contributed by atoms with Gasteiger partial charge in [-0.1, -0.05) is 30.3 Å². The molecule has 4 rings (SSSR count). The number of piperazine rings is 1. The van der Waals surface area contributed by atoms with E-state index in [2.05, 4.69) is 39.0 Å². The predicted octanol–water partition coefficient (Wildman–Crippen LogP) is 3.04. The van der Waals surface area contributed by atoms with Crippen molar-refractivity contribution in [3.05, 3.63) is 81.8 Å². The molecule has 2 aromatic carbocycles. The summed E-state index contributed by atoms with van der Waals surface area (Å²) >= 11 is 0. The van der Waals surface area contributed by atoms with Crippen LogP contribution in [0.3, 0.4) is 0 Å². The monoisotopic (exact) mass is 434 g/mol. The molecule has 7 heteroatoms. The van der Waals surface area contributed by atoms with E-state index in [0.717, 1.165) is 44.0 Å². The van der Waals surface area contributed by atoms with Crippen molar-refractivity contribution in [2.24, 2.45) is 0 Å². The minimum atomic E-state index is -0.0736. The second-order valence-corrected chi connectivity index (χ2v) is 7.91. The van der Waals surface area contributed by atoms with E-state index in [1.165, 1.54) is 11.3 Å². The van der Waals surface area contributed by atoms with E-state index in [0.29, 0.717) is 24.5 Å². The molecule has 0 bridgehead atoms. The number of hydrogen-bond acceptors (Lipinski definition) is 6. The summed E-state index contributed by atoms with van der Waals surface area (Å²) in [5.74, 6) is 1.48. The summed E-state index contributed by atoms with van der Waals surface area (Å²) in [6.07, 6.45) is 1.43. The summed E-state index contributed by atoms with van der Waals surface area (Å²) in [5, 5.41) is 0. The van der Waals surface area contributed by atoms with E-state index in [9.17, 15) is 4.79 Å². The lowest BCUT2D eigenvalue weighted by Gasteiger charge is -2.36. The number of rotatable bonds is 8. The summed E-state index contributed by atoms with van der Waals surface area (Å²) < 4.78 is 10.6. The highest BCUT2D eigenvalue weighted by Crippen LogP contribution is 2.22. The van der Waals surface area contributed by atoms with Gasteiger partial charge in [-0.25, -0.2) is 4.98 Å². The first-order chi connectivity index (χ1) is 15.7. The zero-order valence-electron chi connectivity index (χ0n) is 18.7. The molecule has 1 saturated heterocycles. The van der Waals surface area contributed by atoms with Gasteiger partial charge in [-0.3, -0.25) is 9.78 Å². The number of aromatic amines is 1. The Labute approximate surface area is 188 Å². The zero-order chi connectivity index (χ0) is 22.3. The lowest BCUT2D eigenvalue weighted by Crippen LogP contribution is -2.47. The molecule has 168 valence electrons. The van der Waals surface area contributed by atoms with Crippen molar-refractivity contribution < 1.29 is 9.47 Å². The van der Waals surface area contributed by atoms with Gasteiger partial charge in [0.05, 0.1) is 19.4 Å². The summed E-state index contributed by atoms with van der Waals surface area (Å²) in [5.41, 5.74) is 3.73. The van der Waals surface area contributed by atoms with Gasteiger partial charge in [0.25, 0.3) is 5.56 Å². The van der Waals surface area contributed by atoms with Crippen LogP contribution in [0.4, 0.5) is 11.6 Å². The molecule has 0 amide bonds. The van der Waals surface area contributed by atoms with Crippen LogP contribution in [0.15, 0.2) is 59.4 Å². The van der Waals surface area contributed by atoms with Crippen molar-refractivity contribution in [2.75, 3.05) is 50.2 Å². The Bertz CT molecular complexity index is 1060. The Hall–Kier alpha value is -3.32. The van der Waals surface area contributed by atoms with Crippen LogP contribution in [0.25, 0.3) is 0 Å². The predicted molar refractivity (Wildman–Crippen MR) is 127 cm³/mol. The second-order valence-electron chi connectivity index (χ2n) is 7.91. The molecule has 0 spiro atoms. The highest BCUT2D eigenvalue weighted by atomic mass is 16.5. The van der Waals surface area contributed by atoms with Gasteiger partial charge in [0.2, 0.25) is 5.95 Å². The van der Waals surface area contributed by atoms with Crippen LogP contribution < -0.4 is 20.1 Å². The van der Waals surface area contributed by atoms with Crippen LogP contribution in [0, 0.1) is 0 Å². The highest BCUT2D eigenvalue weighted by molar-refractivity contribution is 5.50. The van der Waals surface area contributed by atoms with Crippen LogP contribution in [0.5, 0.6) is 5.75 Å². The Kier molecular flexibility index (Phi) is 7.07. The van der Waals surface area contributed by atoms with Crippen LogP contribution >= 0.6 is 0 Å². The molecule has 1 aromatic heterocycles. The van der Waals surface area contributed by atoms with Crippen LogP contribution in [-0.4, -0.2) is 50.4 Å². The molecule has 1 fully saturated rings. The van der Waals surface area contributed by atoms with Crippen molar-refractivity contribution in [1.29, 1.82) is 0 Å². The van der Waals surface area contributed by atoms with Gasteiger partial charge in [-0.05, 0) is 42.7 Å². The minimum Gasteiger partial charge on any atom is -0.497 e. The molecule has 1 aliphatic heterocycles. The fraction of sp³-hybridized carbons (Fsp3) is 0.360. The number of hydrogen-bond donors (Lipinski definition) is 1. The molecule has 0 aliphatic carbocycles. The molecular weight excluding hydrogens is 404 g/mol. The maximum atomic E-state index is 12.9. The molecule has 3 aromatic rings. The fourth-order valence-corrected chi connectivity index (χ4v) is 4.08. The third-order valence-corrected chi connectivity index (χ3v) is 5.89. The van der Waals surface area contributed by atoms with Crippen molar-refractivity contribution in [3.63, 3.8) is 0 Å². The van der Waals surface area contributed by atoms with Crippen LogP contribution in [0.2, 0.25) is 0 Å². The first kappa shape index (κ1) is 21.9. The third-order valence-electron chi connectivity index (χ3n) is 5.89. The van der Waals surface area contributed by atoms with Gasteiger partial charge in [0.15, 0.2) is 0 Å². The lowest BCUT2D eigenvalue weighted by atomic mass is 10.0. The number of aryl methyl sites for hydroxylation is 1. The Balaban J connectivity index is 1.46. The molecule has 0 unspecified atom stereocenters. The molecule has 0 radical (unpaired) electrons. The standard InChI is InChI=1S/C25H30N4O3/c1-31-18-23-22(13-8-19-6-4-3-5-7-19)24(30)27-25(26-23)29-16-14-28(15-17-29)20-9-11-21(32-2)12-10-20/h3-7,9-12H,8,13-18H2,1-2H3,(H,26,27,30). The summed E-state index contributed by atoms with van der Waals surface area (Å²) in [6, 6.07) is 18.3. The Morgan fingerprint density at radius 2 is 1.59 bits per heavy atom. The van der Waals surface area contributed by atoms with E-state index in [4.69, 9.17) is 14.5 Å². The normalized spacial score (nSPS) is 13.9. The summed E-state index contributed by atoms with van der Waals surface area (Å²) in [6.45, 7) is 3.60. The van der Waals surface area contributed by atoms with Gasteiger partial charge in [0, 0.05) is 44.5 Å². The average molecular weight is 435 g/mol. The van der Waals surface area contributed by atoms with Crippen LogP contribution in [0.1, 0.15) is 16.8 Å². The number of H-pyrrole nitrogens is 1. The third kappa shape index (κ3) is 5.11. The number of nitrogens with one attached hydrogen (secondary N) is 1. The molecule has 32 heavy (non-hydrogen) atoms. The van der Waals surface area contributed by atoms with Crippen LogP contribution in [-0.2, 0) is 24.2 Å². The Morgan fingerprint density at radius 3 is 2.25 bits per heavy atom. The van der Waals surface area contributed by atoms with Gasteiger partial charge >= 0.3 is 0 Å². The number of methoxy groups -OCH3 is 2. The van der Waals surface area contributed by atoms with E-state index >= 15 is 0 Å². The maximum absolute atomic E-state index is 12.9. The topological polar surface area (TPSA) is 70.7 Å². The van der Waals surface area contributed by atoms with Crippen molar-refractivity contribution in [3.8, 4) is 5.75 Å². The SMILES string of the molecule is COCc1nc(N2CCN(c3ccc(OC)cc3)CC2)[nH]c(=O)c1CCc1ccccc1. The van der Waals surface area contributed by atoms with Gasteiger partial charge in [-0.15, -0.1) is 0 Å². The number of ether oxygens (including phenoxy) is 2. The number of aromatic nitrogens is 2. The van der Waals surface area contributed by atoms with Crippen molar-refractivity contribution in [2.45, 2.75) is 19.4 Å². The van der Waals surface area contributed by atoms with E-state index in [1.54, 1.807) is 14.2 Å². The smallest absolute Gasteiger partial charge is 0.255 e. The molecule has 2 heterocycles.